The zero-order valence-electron chi connectivity index (χ0n) is 14.6. The number of nitrogens with one attached hydrogen (secondary N) is 2. The highest BCUT2D eigenvalue weighted by Gasteiger charge is 2.09. The second-order valence-corrected chi connectivity index (χ2v) is 6.85. The maximum absolute atomic E-state index is 12.1. The van der Waals surface area contributed by atoms with Crippen molar-refractivity contribution in [1.82, 2.24) is 20.4 Å². The minimum absolute atomic E-state index is 0.0732. The number of carbonyl (C=O) groups excluding carboxylic acids is 2. The fourth-order valence-corrected chi connectivity index (χ4v) is 2.84. The largest absolute Gasteiger partial charge is 0.350 e. The van der Waals surface area contributed by atoms with Crippen LogP contribution in [0.5, 0.6) is 0 Å². The van der Waals surface area contributed by atoms with Crippen molar-refractivity contribution in [3.8, 4) is 0 Å². The molecule has 138 valence electrons. The predicted molar refractivity (Wildman–Crippen MR) is 106 cm³/mol. The van der Waals surface area contributed by atoms with Gasteiger partial charge in [-0.1, -0.05) is 40.2 Å². The van der Waals surface area contributed by atoms with E-state index < -0.39 is 0 Å². The van der Waals surface area contributed by atoms with Gasteiger partial charge in [0.1, 0.15) is 0 Å². The van der Waals surface area contributed by atoms with Crippen LogP contribution < -0.4 is 10.6 Å². The number of hydrogen-bond donors (Lipinski definition) is 2. The Labute approximate surface area is 165 Å². The highest BCUT2D eigenvalue weighted by Crippen LogP contribution is 2.11. The minimum Gasteiger partial charge on any atom is -0.350 e. The minimum atomic E-state index is -0.281. The molecule has 0 spiro atoms. The van der Waals surface area contributed by atoms with Gasteiger partial charge in [-0.3, -0.25) is 14.3 Å². The summed E-state index contributed by atoms with van der Waals surface area (Å²) in [6.07, 6.45) is 3.63. The molecule has 27 heavy (non-hydrogen) atoms. The average Bonchev–Trinajstić information content (AvgIpc) is 3.19. The molecule has 2 aromatic carbocycles. The molecular weight excluding hydrogens is 408 g/mol. The van der Waals surface area contributed by atoms with Crippen LogP contribution >= 0.6 is 15.9 Å². The van der Waals surface area contributed by atoms with Gasteiger partial charge in [-0.2, -0.15) is 5.10 Å². The Morgan fingerprint density at radius 1 is 0.963 bits per heavy atom. The number of nitrogens with zero attached hydrogens (tertiary/aromatic N) is 2. The lowest BCUT2D eigenvalue weighted by atomic mass is 10.1. The van der Waals surface area contributed by atoms with Crippen molar-refractivity contribution in [2.45, 2.75) is 13.1 Å². The normalized spacial score (nSPS) is 10.4. The number of rotatable bonds is 7. The van der Waals surface area contributed by atoms with Gasteiger partial charge in [0.15, 0.2) is 0 Å². The lowest BCUT2D eigenvalue weighted by Gasteiger charge is -2.11. The van der Waals surface area contributed by atoms with Crippen molar-refractivity contribution in [3.63, 3.8) is 0 Å². The van der Waals surface area contributed by atoms with Gasteiger partial charge in [-0.25, -0.2) is 0 Å². The third-order valence-corrected chi connectivity index (χ3v) is 4.53. The van der Waals surface area contributed by atoms with E-state index in [9.17, 15) is 9.59 Å². The van der Waals surface area contributed by atoms with Crippen LogP contribution in [0.3, 0.4) is 0 Å². The third kappa shape index (κ3) is 5.52. The van der Waals surface area contributed by atoms with Crippen molar-refractivity contribution in [2.24, 2.45) is 0 Å². The summed E-state index contributed by atoms with van der Waals surface area (Å²) in [5.74, 6) is -0.522. The number of benzene rings is 2. The summed E-state index contributed by atoms with van der Waals surface area (Å²) in [6.45, 7) is 0.958. The highest BCUT2D eigenvalue weighted by atomic mass is 79.9. The molecule has 0 bridgehead atoms. The second kappa shape index (κ2) is 9.14. The van der Waals surface area contributed by atoms with Crippen LogP contribution in [0.1, 0.15) is 21.5 Å². The quantitative estimate of drug-likeness (QED) is 0.609. The SMILES string of the molecule is O=C(CNC(=O)c1ccc(Br)cc1)NCc1ccccc1Cn1cccn1. The molecule has 0 atom stereocenters. The fraction of sp³-hybridized carbons (Fsp3) is 0.150. The molecule has 0 aliphatic carbocycles. The van der Waals surface area contributed by atoms with Gasteiger partial charge in [0, 0.05) is 29.0 Å². The molecule has 1 aromatic heterocycles. The van der Waals surface area contributed by atoms with E-state index in [0.717, 1.165) is 15.6 Å². The average molecular weight is 427 g/mol. The summed E-state index contributed by atoms with van der Waals surface area (Å²) < 4.78 is 2.73. The first-order valence-corrected chi connectivity index (χ1v) is 9.26. The molecule has 0 saturated carbocycles. The van der Waals surface area contributed by atoms with Crippen molar-refractivity contribution in [1.29, 1.82) is 0 Å². The summed E-state index contributed by atoms with van der Waals surface area (Å²) in [5, 5.41) is 9.68. The lowest BCUT2D eigenvalue weighted by molar-refractivity contribution is -0.120. The van der Waals surface area contributed by atoms with Gasteiger partial charge >= 0.3 is 0 Å². The molecule has 0 fully saturated rings. The molecule has 0 radical (unpaired) electrons. The fourth-order valence-electron chi connectivity index (χ4n) is 2.57. The van der Waals surface area contributed by atoms with E-state index in [1.807, 2.05) is 41.2 Å². The molecule has 1 heterocycles. The number of hydrogen-bond acceptors (Lipinski definition) is 3. The molecule has 2 amide bonds. The summed E-state index contributed by atoms with van der Waals surface area (Å²) in [6, 6.07) is 16.7. The Hall–Kier alpha value is -2.93. The number of aromatic nitrogens is 2. The molecule has 2 N–H and O–H groups in total. The van der Waals surface area contributed by atoms with Crippen LogP contribution in [0.15, 0.2) is 71.5 Å². The van der Waals surface area contributed by atoms with Gasteiger partial charge in [-0.05, 0) is 41.5 Å². The molecule has 0 aliphatic rings. The van der Waals surface area contributed by atoms with Gasteiger partial charge in [0.05, 0.1) is 13.1 Å². The highest BCUT2D eigenvalue weighted by molar-refractivity contribution is 9.10. The van der Waals surface area contributed by atoms with E-state index >= 15 is 0 Å². The first-order chi connectivity index (χ1) is 13.1. The van der Waals surface area contributed by atoms with Gasteiger partial charge in [0.25, 0.3) is 5.91 Å². The topological polar surface area (TPSA) is 76.0 Å². The van der Waals surface area contributed by atoms with Crippen LogP contribution in [-0.2, 0) is 17.9 Å². The Morgan fingerprint density at radius 2 is 1.70 bits per heavy atom. The molecular formula is C20H19BrN4O2. The Balaban J connectivity index is 1.50. The molecule has 6 nitrogen and oxygen atoms in total. The maximum Gasteiger partial charge on any atom is 0.251 e. The Kier molecular flexibility index (Phi) is 6.38. The van der Waals surface area contributed by atoms with E-state index in [0.29, 0.717) is 18.7 Å². The second-order valence-electron chi connectivity index (χ2n) is 5.94. The number of halogens is 1. The van der Waals surface area contributed by atoms with Gasteiger partial charge < -0.3 is 10.6 Å². The molecule has 3 aromatic rings. The van der Waals surface area contributed by atoms with E-state index in [1.165, 1.54) is 0 Å². The summed E-state index contributed by atoms with van der Waals surface area (Å²) >= 11 is 3.32. The van der Waals surface area contributed by atoms with Crippen molar-refractivity contribution in [2.75, 3.05) is 6.54 Å². The van der Waals surface area contributed by atoms with Crippen LogP contribution in [0.25, 0.3) is 0 Å². The zero-order valence-corrected chi connectivity index (χ0v) is 16.1. The molecule has 0 unspecified atom stereocenters. The Morgan fingerprint density at radius 3 is 2.41 bits per heavy atom. The summed E-state index contributed by atoms with van der Waals surface area (Å²) in [4.78, 5) is 24.1. The van der Waals surface area contributed by atoms with Crippen LogP contribution in [0.4, 0.5) is 0 Å². The smallest absolute Gasteiger partial charge is 0.251 e. The number of amides is 2. The van der Waals surface area contributed by atoms with Crippen LogP contribution in [-0.4, -0.2) is 28.1 Å². The van der Waals surface area contributed by atoms with Crippen molar-refractivity contribution in [3.05, 3.63) is 88.2 Å². The van der Waals surface area contributed by atoms with E-state index in [-0.39, 0.29) is 18.4 Å². The predicted octanol–water partition coefficient (Wildman–Crippen LogP) is 2.74. The Bertz CT molecular complexity index is 908. The first kappa shape index (κ1) is 18.8. The molecule has 0 aliphatic heterocycles. The summed E-state index contributed by atoms with van der Waals surface area (Å²) in [5.41, 5.74) is 2.61. The third-order valence-electron chi connectivity index (χ3n) is 4.00. The molecule has 3 rings (SSSR count). The monoisotopic (exact) mass is 426 g/mol. The number of carbonyl (C=O) groups is 2. The van der Waals surface area contributed by atoms with Crippen molar-refractivity contribution >= 4 is 27.7 Å². The van der Waals surface area contributed by atoms with E-state index in [1.54, 1.807) is 30.5 Å². The van der Waals surface area contributed by atoms with Gasteiger partial charge in [0.2, 0.25) is 5.91 Å². The lowest BCUT2D eigenvalue weighted by Crippen LogP contribution is -2.36. The molecule has 0 saturated heterocycles. The summed E-state index contributed by atoms with van der Waals surface area (Å²) in [7, 11) is 0. The first-order valence-electron chi connectivity index (χ1n) is 8.46. The van der Waals surface area contributed by atoms with Crippen LogP contribution in [0.2, 0.25) is 0 Å². The van der Waals surface area contributed by atoms with Crippen molar-refractivity contribution < 1.29 is 9.59 Å². The van der Waals surface area contributed by atoms with Gasteiger partial charge in [-0.15, -0.1) is 0 Å². The maximum atomic E-state index is 12.1. The van der Waals surface area contributed by atoms with Crippen LogP contribution in [0, 0.1) is 0 Å². The van der Waals surface area contributed by atoms with E-state index in [4.69, 9.17) is 0 Å². The zero-order chi connectivity index (χ0) is 19.1. The molecule has 7 heteroatoms. The van der Waals surface area contributed by atoms with E-state index in [2.05, 4.69) is 31.7 Å². The standard InChI is InChI=1S/C20H19BrN4O2/c21-18-8-6-15(7-9-18)20(27)23-13-19(26)22-12-16-4-1-2-5-17(16)14-25-11-3-10-24-25/h1-11H,12-14H2,(H,22,26)(H,23,27).